The third-order valence-electron chi connectivity index (χ3n) is 3.32. The maximum absolute atomic E-state index is 12.1. The molecule has 4 nitrogen and oxygen atoms in total. The minimum absolute atomic E-state index is 0.109. The van der Waals surface area contributed by atoms with Crippen molar-refractivity contribution in [2.45, 2.75) is 38.1 Å². The van der Waals surface area contributed by atoms with Crippen LogP contribution in [0.2, 0.25) is 0 Å². The molecule has 1 aliphatic heterocycles. The van der Waals surface area contributed by atoms with E-state index in [4.69, 9.17) is 9.52 Å². The normalized spacial score (nSPS) is 20.5. The van der Waals surface area contributed by atoms with E-state index in [1.807, 2.05) is 11.0 Å². The highest BCUT2D eigenvalue weighted by molar-refractivity contribution is 5.78. The van der Waals surface area contributed by atoms with Crippen molar-refractivity contribution in [2.75, 3.05) is 13.2 Å². The van der Waals surface area contributed by atoms with E-state index in [0.29, 0.717) is 18.6 Å². The molecule has 1 saturated heterocycles. The number of amides is 1. The number of aliphatic hydroxyl groups excluding tert-OH is 1. The van der Waals surface area contributed by atoms with E-state index < -0.39 is 0 Å². The van der Waals surface area contributed by atoms with Crippen molar-refractivity contribution in [3.63, 3.8) is 0 Å². The van der Waals surface area contributed by atoms with Crippen LogP contribution in [-0.4, -0.2) is 35.1 Å². The van der Waals surface area contributed by atoms with Crippen LogP contribution >= 0.6 is 0 Å². The largest absolute Gasteiger partial charge is 0.469 e. The van der Waals surface area contributed by atoms with E-state index in [9.17, 15) is 4.79 Å². The van der Waals surface area contributed by atoms with Crippen molar-refractivity contribution in [3.8, 4) is 0 Å². The van der Waals surface area contributed by atoms with Crippen LogP contribution in [-0.2, 0) is 11.2 Å². The molecule has 94 valence electrons. The van der Waals surface area contributed by atoms with Crippen LogP contribution in [0.3, 0.4) is 0 Å². The van der Waals surface area contributed by atoms with Crippen LogP contribution in [0.25, 0.3) is 0 Å². The van der Waals surface area contributed by atoms with Gasteiger partial charge in [0.25, 0.3) is 0 Å². The third-order valence-corrected chi connectivity index (χ3v) is 3.32. The molecule has 1 aromatic heterocycles. The van der Waals surface area contributed by atoms with E-state index in [0.717, 1.165) is 25.8 Å². The van der Waals surface area contributed by atoms with E-state index in [1.165, 1.54) is 0 Å². The molecule has 0 spiro atoms. The summed E-state index contributed by atoms with van der Waals surface area (Å²) in [6.07, 6.45) is 5.81. The summed E-state index contributed by atoms with van der Waals surface area (Å²) in [7, 11) is 0. The number of hydrogen-bond donors (Lipinski definition) is 1. The van der Waals surface area contributed by atoms with Crippen molar-refractivity contribution in [2.24, 2.45) is 0 Å². The molecule has 0 aliphatic carbocycles. The zero-order valence-corrected chi connectivity index (χ0v) is 9.97. The van der Waals surface area contributed by atoms with Gasteiger partial charge in [-0.3, -0.25) is 4.79 Å². The van der Waals surface area contributed by atoms with Crippen molar-refractivity contribution in [1.82, 2.24) is 4.90 Å². The predicted octanol–water partition coefficient (Wildman–Crippen LogP) is 1.59. The van der Waals surface area contributed by atoms with Gasteiger partial charge in [0.2, 0.25) is 5.91 Å². The summed E-state index contributed by atoms with van der Waals surface area (Å²) in [6, 6.07) is 3.82. The quantitative estimate of drug-likeness (QED) is 0.865. The molecule has 1 aliphatic rings. The van der Waals surface area contributed by atoms with Gasteiger partial charge in [0.15, 0.2) is 0 Å². The molecular formula is C13H19NO3. The van der Waals surface area contributed by atoms with E-state index in [2.05, 4.69) is 0 Å². The number of likely N-dealkylation sites (tertiary alicyclic amines) is 1. The first-order valence-corrected chi connectivity index (χ1v) is 6.24. The Morgan fingerprint density at radius 2 is 2.41 bits per heavy atom. The monoisotopic (exact) mass is 237 g/mol. The van der Waals surface area contributed by atoms with Crippen molar-refractivity contribution in [3.05, 3.63) is 24.2 Å². The van der Waals surface area contributed by atoms with Gasteiger partial charge in [0.05, 0.1) is 12.7 Å². The van der Waals surface area contributed by atoms with Crippen LogP contribution in [0.5, 0.6) is 0 Å². The molecule has 2 heterocycles. The summed E-state index contributed by atoms with van der Waals surface area (Å²) in [5.41, 5.74) is 0. The summed E-state index contributed by atoms with van der Waals surface area (Å²) in [6.45, 7) is 0.958. The molecule has 1 atom stereocenters. The Balaban J connectivity index is 1.96. The summed E-state index contributed by atoms with van der Waals surface area (Å²) in [5, 5.41) is 9.02. The SMILES string of the molecule is O=C(Cc1ccco1)N1CCCCC1CCO. The van der Waals surface area contributed by atoms with Gasteiger partial charge in [-0.25, -0.2) is 0 Å². The van der Waals surface area contributed by atoms with Gasteiger partial charge in [0.1, 0.15) is 5.76 Å². The second-order valence-electron chi connectivity index (χ2n) is 4.51. The van der Waals surface area contributed by atoms with Crippen LogP contribution in [0.4, 0.5) is 0 Å². The molecule has 1 N–H and O–H groups in total. The molecular weight excluding hydrogens is 218 g/mol. The van der Waals surface area contributed by atoms with Gasteiger partial charge in [-0.05, 0) is 37.8 Å². The van der Waals surface area contributed by atoms with E-state index in [-0.39, 0.29) is 18.6 Å². The van der Waals surface area contributed by atoms with Crippen LogP contribution in [0.15, 0.2) is 22.8 Å². The average molecular weight is 237 g/mol. The second kappa shape index (κ2) is 5.87. The number of rotatable bonds is 4. The zero-order valence-electron chi connectivity index (χ0n) is 9.97. The highest BCUT2D eigenvalue weighted by atomic mass is 16.3. The smallest absolute Gasteiger partial charge is 0.230 e. The number of carbonyl (C=O) groups excluding carboxylic acids is 1. The van der Waals surface area contributed by atoms with Gasteiger partial charge >= 0.3 is 0 Å². The lowest BCUT2D eigenvalue weighted by molar-refractivity contribution is -0.134. The van der Waals surface area contributed by atoms with Gasteiger partial charge in [0, 0.05) is 19.2 Å². The first kappa shape index (κ1) is 12.2. The Morgan fingerprint density at radius 1 is 1.53 bits per heavy atom. The van der Waals surface area contributed by atoms with Gasteiger partial charge in [-0.1, -0.05) is 0 Å². The molecule has 1 fully saturated rings. The highest BCUT2D eigenvalue weighted by Gasteiger charge is 2.26. The standard InChI is InChI=1S/C13H19NO3/c15-8-6-11-4-1-2-7-14(11)13(16)10-12-5-3-9-17-12/h3,5,9,11,15H,1-2,4,6-8,10H2. The first-order chi connectivity index (χ1) is 8.31. The van der Waals surface area contributed by atoms with Crippen molar-refractivity contribution < 1.29 is 14.3 Å². The van der Waals surface area contributed by atoms with Gasteiger partial charge in [-0.15, -0.1) is 0 Å². The summed E-state index contributed by atoms with van der Waals surface area (Å²) in [5.74, 6) is 0.821. The molecule has 1 amide bonds. The van der Waals surface area contributed by atoms with Crippen LogP contribution in [0.1, 0.15) is 31.4 Å². The Morgan fingerprint density at radius 3 is 3.12 bits per heavy atom. The number of carbonyl (C=O) groups is 1. The highest BCUT2D eigenvalue weighted by Crippen LogP contribution is 2.20. The second-order valence-corrected chi connectivity index (χ2v) is 4.51. The van der Waals surface area contributed by atoms with Gasteiger partial charge in [-0.2, -0.15) is 0 Å². The molecule has 2 rings (SSSR count). The minimum Gasteiger partial charge on any atom is -0.469 e. The Hall–Kier alpha value is -1.29. The minimum atomic E-state index is 0.109. The maximum Gasteiger partial charge on any atom is 0.230 e. The fourth-order valence-electron chi connectivity index (χ4n) is 2.44. The molecule has 0 aromatic carbocycles. The van der Waals surface area contributed by atoms with Crippen molar-refractivity contribution in [1.29, 1.82) is 0 Å². The molecule has 0 saturated carbocycles. The van der Waals surface area contributed by atoms with Crippen LogP contribution < -0.4 is 0 Å². The lowest BCUT2D eigenvalue weighted by atomic mass is 9.99. The number of aliphatic hydroxyl groups is 1. The predicted molar refractivity (Wildman–Crippen MR) is 63.5 cm³/mol. The lowest BCUT2D eigenvalue weighted by Crippen LogP contribution is -2.44. The number of piperidine rings is 1. The maximum atomic E-state index is 12.1. The topological polar surface area (TPSA) is 53.7 Å². The molecule has 17 heavy (non-hydrogen) atoms. The van der Waals surface area contributed by atoms with Crippen molar-refractivity contribution >= 4 is 5.91 Å². The number of nitrogens with zero attached hydrogens (tertiary/aromatic N) is 1. The van der Waals surface area contributed by atoms with E-state index >= 15 is 0 Å². The van der Waals surface area contributed by atoms with E-state index in [1.54, 1.807) is 12.3 Å². The molecule has 0 radical (unpaired) electrons. The number of hydrogen-bond acceptors (Lipinski definition) is 3. The molecule has 0 bridgehead atoms. The fourth-order valence-corrected chi connectivity index (χ4v) is 2.44. The fraction of sp³-hybridized carbons (Fsp3) is 0.615. The number of furan rings is 1. The lowest BCUT2D eigenvalue weighted by Gasteiger charge is -2.35. The van der Waals surface area contributed by atoms with Crippen LogP contribution in [0, 0.1) is 0 Å². The summed E-state index contributed by atoms with van der Waals surface area (Å²) < 4.78 is 5.19. The Kier molecular flexibility index (Phi) is 4.20. The Bertz CT molecular complexity index is 346. The first-order valence-electron chi connectivity index (χ1n) is 6.24. The molecule has 4 heteroatoms. The molecule has 1 aromatic rings. The average Bonchev–Trinajstić information content (AvgIpc) is 2.83. The molecule has 1 unspecified atom stereocenters. The van der Waals surface area contributed by atoms with Gasteiger partial charge < -0.3 is 14.4 Å². The summed E-state index contributed by atoms with van der Waals surface area (Å²) >= 11 is 0. The third kappa shape index (κ3) is 3.09. The summed E-state index contributed by atoms with van der Waals surface area (Å²) in [4.78, 5) is 14.0. The Labute approximate surface area is 101 Å². The zero-order chi connectivity index (χ0) is 12.1.